The Morgan fingerprint density at radius 2 is 1.11 bits per heavy atom. The lowest BCUT2D eigenvalue weighted by molar-refractivity contribution is -0.148. The topological polar surface area (TPSA) is 38.7 Å². The first-order valence-corrected chi connectivity index (χ1v) is 12.3. The average Bonchev–Trinajstić information content (AvgIpc) is 2.71. The Balaban J connectivity index is 3.71. The summed E-state index contributed by atoms with van der Waals surface area (Å²) in [6.07, 6.45) is 25.1. The summed E-state index contributed by atoms with van der Waals surface area (Å²) >= 11 is 0. The zero-order valence-electron chi connectivity index (χ0n) is 19.1. The highest BCUT2D eigenvalue weighted by molar-refractivity contribution is 4.80. The second-order valence-corrected chi connectivity index (χ2v) is 7.97. The van der Waals surface area contributed by atoms with Crippen molar-refractivity contribution in [2.45, 2.75) is 129 Å². The van der Waals surface area contributed by atoms with Crippen LogP contribution in [0.15, 0.2) is 12.2 Å². The number of aliphatic hydroxyl groups excluding tert-OH is 1. The van der Waals surface area contributed by atoms with E-state index in [0.717, 1.165) is 45.3 Å². The van der Waals surface area contributed by atoms with Crippen LogP contribution in [-0.2, 0) is 9.47 Å². The molecule has 0 rings (SSSR count). The number of aliphatic hydroxyl groups is 1. The third kappa shape index (κ3) is 21.9. The van der Waals surface area contributed by atoms with Gasteiger partial charge in [-0.2, -0.15) is 0 Å². The van der Waals surface area contributed by atoms with Crippen molar-refractivity contribution in [3.05, 3.63) is 12.2 Å². The Morgan fingerprint density at radius 3 is 1.68 bits per heavy atom. The normalized spacial score (nSPS) is 11.9. The molecule has 3 heteroatoms. The maximum absolute atomic E-state index is 8.72. The quantitative estimate of drug-likeness (QED) is 0.110. The van der Waals surface area contributed by atoms with Crippen molar-refractivity contribution < 1.29 is 14.6 Å². The van der Waals surface area contributed by atoms with Gasteiger partial charge in [-0.1, -0.05) is 90.2 Å². The molecule has 28 heavy (non-hydrogen) atoms. The summed E-state index contributed by atoms with van der Waals surface area (Å²) in [5.41, 5.74) is 0. The van der Waals surface area contributed by atoms with Crippen molar-refractivity contribution in [1.82, 2.24) is 0 Å². The molecule has 3 nitrogen and oxygen atoms in total. The third-order valence-corrected chi connectivity index (χ3v) is 5.13. The van der Waals surface area contributed by atoms with Crippen LogP contribution in [0.5, 0.6) is 0 Å². The van der Waals surface area contributed by atoms with Crippen LogP contribution in [0.1, 0.15) is 123 Å². The first kappa shape index (κ1) is 27.6. The predicted octanol–water partition coefficient (Wildman–Crippen LogP) is 7.57. The van der Waals surface area contributed by atoms with Crippen molar-refractivity contribution in [3.8, 4) is 0 Å². The van der Waals surface area contributed by atoms with E-state index in [4.69, 9.17) is 14.6 Å². The van der Waals surface area contributed by atoms with Crippen molar-refractivity contribution in [1.29, 1.82) is 0 Å². The second-order valence-electron chi connectivity index (χ2n) is 7.97. The highest BCUT2D eigenvalue weighted by atomic mass is 16.7. The third-order valence-electron chi connectivity index (χ3n) is 5.13. The van der Waals surface area contributed by atoms with Gasteiger partial charge in [-0.3, -0.25) is 0 Å². The summed E-state index contributed by atoms with van der Waals surface area (Å²) in [5, 5.41) is 8.72. The Hall–Kier alpha value is -0.380. The molecule has 0 aromatic heterocycles. The Bertz CT molecular complexity index is 290. The summed E-state index contributed by atoms with van der Waals surface area (Å²) in [6.45, 7) is 6.46. The molecule has 0 atom stereocenters. The van der Waals surface area contributed by atoms with Gasteiger partial charge >= 0.3 is 0 Å². The molecule has 0 aliphatic heterocycles. The van der Waals surface area contributed by atoms with Gasteiger partial charge in [0.25, 0.3) is 0 Å². The maximum Gasteiger partial charge on any atom is 0.157 e. The molecule has 0 fully saturated rings. The summed E-state index contributed by atoms with van der Waals surface area (Å²) < 4.78 is 12.1. The Kier molecular flexibility index (Phi) is 24.3. The minimum Gasteiger partial charge on any atom is -0.396 e. The van der Waals surface area contributed by atoms with Gasteiger partial charge < -0.3 is 14.6 Å². The van der Waals surface area contributed by atoms with Crippen molar-refractivity contribution >= 4 is 0 Å². The van der Waals surface area contributed by atoms with Gasteiger partial charge in [0.05, 0.1) is 0 Å². The van der Waals surface area contributed by atoms with E-state index in [2.05, 4.69) is 26.0 Å². The molecule has 0 saturated heterocycles. The molecular formula is C25H50O3. The number of unbranched alkanes of at least 4 members (excludes halogenated alkanes) is 12. The molecule has 0 bridgehead atoms. The fourth-order valence-electron chi connectivity index (χ4n) is 3.29. The average molecular weight is 399 g/mol. The molecule has 0 aliphatic rings. The zero-order chi connectivity index (χ0) is 20.5. The van der Waals surface area contributed by atoms with Crippen LogP contribution in [0.4, 0.5) is 0 Å². The van der Waals surface area contributed by atoms with Crippen LogP contribution < -0.4 is 0 Å². The standard InChI is InChI=1S/C25H50O3/c1-3-5-7-19-23-27-25(28-24-20-8-6-4-2)21-17-15-13-11-9-10-12-14-16-18-22-26/h14,16,25-26H,3-13,15,17-24H2,1-2H3/b16-14+. The van der Waals surface area contributed by atoms with Gasteiger partial charge in [0.15, 0.2) is 6.29 Å². The SMILES string of the molecule is CCCCCCOC(CCCCCCCC/C=C/CCO)OCCCCCC. The number of allylic oxidation sites excluding steroid dienone is 1. The molecule has 0 amide bonds. The fourth-order valence-corrected chi connectivity index (χ4v) is 3.29. The van der Waals surface area contributed by atoms with Crippen LogP contribution in [0.3, 0.4) is 0 Å². The predicted molar refractivity (Wildman–Crippen MR) is 122 cm³/mol. The summed E-state index contributed by atoms with van der Waals surface area (Å²) in [4.78, 5) is 0. The van der Waals surface area contributed by atoms with E-state index in [-0.39, 0.29) is 12.9 Å². The van der Waals surface area contributed by atoms with Crippen molar-refractivity contribution in [2.24, 2.45) is 0 Å². The molecule has 0 aromatic rings. The van der Waals surface area contributed by atoms with Crippen LogP contribution in [-0.4, -0.2) is 31.2 Å². The molecule has 0 aromatic carbocycles. The number of rotatable bonds is 23. The van der Waals surface area contributed by atoms with Gasteiger partial charge in [-0.15, -0.1) is 0 Å². The van der Waals surface area contributed by atoms with E-state index in [9.17, 15) is 0 Å². The van der Waals surface area contributed by atoms with E-state index in [1.54, 1.807) is 0 Å². The van der Waals surface area contributed by atoms with Crippen LogP contribution in [0.2, 0.25) is 0 Å². The number of hydrogen-bond donors (Lipinski definition) is 1. The molecule has 0 radical (unpaired) electrons. The molecular weight excluding hydrogens is 348 g/mol. The lowest BCUT2D eigenvalue weighted by Gasteiger charge is -2.19. The van der Waals surface area contributed by atoms with E-state index in [1.807, 2.05) is 0 Å². The lowest BCUT2D eigenvalue weighted by atomic mass is 10.1. The molecule has 0 spiro atoms. The van der Waals surface area contributed by atoms with Crippen molar-refractivity contribution in [2.75, 3.05) is 19.8 Å². The highest BCUT2D eigenvalue weighted by Crippen LogP contribution is 2.14. The maximum atomic E-state index is 8.72. The smallest absolute Gasteiger partial charge is 0.157 e. The van der Waals surface area contributed by atoms with Crippen LogP contribution in [0.25, 0.3) is 0 Å². The minimum atomic E-state index is 0.0138. The van der Waals surface area contributed by atoms with Gasteiger partial charge in [-0.25, -0.2) is 0 Å². The van der Waals surface area contributed by atoms with Crippen molar-refractivity contribution in [3.63, 3.8) is 0 Å². The molecule has 1 N–H and O–H groups in total. The van der Waals surface area contributed by atoms with E-state index in [1.165, 1.54) is 77.0 Å². The summed E-state index contributed by atoms with van der Waals surface area (Å²) in [6, 6.07) is 0. The molecule has 0 saturated carbocycles. The van der Waals surface area contributed by atoms with Gasteiger partial charge in [0, 0.05) is 19.8 Å². The summed E-state index contributed by atoms with van der Waals surface area (Å²) in [5.74, 6) is 0. The first-order valence-electron chi connectivity index (χ1n) is 12.3. The monoisotopic (exact) mass is 398 g/mol. The van der Waals surface area contributed by atoms with E-state index < -0.39 is 0 Å². The minimum absolute atomic E-state index is 0.0138. The van der Waals surface area contributed by atoms with E-state index in [0.29, 0.717) is 0 Å². The first-order chi connectivity index (χ1) is 13.8. The highest BCUT2D eigenvalue weighted by Gasteiger charge is 2.09. The Morgan fingerprint density at radius 1 is 0.607 bits per heavy atom. The number of hydrogen-bond acceptors (Lipinski definition) is 3. The lowest BCUT2D eigenvalue weighted by Crippen LogP contribution is -2.19. The van der Waals surface area contributed by atoms with Gasteiger partial charge in [0.2, 0.25) is 0 Å². The molecule has 0 aliphatic carbocycles. The van der Waals surface area contributed by atoms with Crippen LogP contribution in [0, 0.1) is 0 Å². The zero-order valence-corrected chi connectivity index (χ0v) is 19.1. The van der Waals surface area contributed by atoms with Gasteiger partial charge in [-0.05, 0) is 44.9 Å². The van der Waals surface area contributed by atoms with E-state index >= 15 is 0 Å². The Labute approximate surface area is 176 Å². The fraction of sp³-hybridized carbons (Fsp3) is 0.920. The van der Waals surface area contributed by atoms with Crippen LogP contribution >= 0.6 is 0 Å². The molecule has 0 heterocycles. The second kappa shape index (κ2) is 24.7. The molecule has 0 unspecified atom stereocenters. The molecule has 168 valence electrons. The largest absolute Gasteiger partial charge is 0.396 e. The summed E-state index contributed by atoms with van der Waals surface area (Å²) in [7, 11) is 0. The number of ether oxygens (including phenoxy) is 2. The van der Waals surface area contributed by atoms with Gasteiger partial charge in [0.1, 0.15) is 0 Å².